The van der Waals surface area contributed by atoms with Crippen LogP contribution in [-0.2, 0) is 24.0 Å². The van der Waals surface area contributed by atoms with E-state index in [9.17, 15) is 24.0 Å². The number of hydrogen-bond acceptors (Lipinski definition) is 6. The van der Waals surface area contributed by atoms with Gasteiger partial charge in [-0.1, -0.05) is 13.8 Å². The first-order chi connectivity index (χ1) is 15.1. The number of nitrogens with two attached hydrogens (primary N) is 1. The average molecular weight is 450 g/mol. The number of nitrogens with one attached hydrogen (secondary N) is 3. The molecule has 0 aromatic rings. The Labute approximate surface area is 188 Å². The summed E-state index contributed by atoms with van der Waals surface area (Å²) in [5.74, 6) is -1.71. The van der Waals surface area contributed by atoms with Crippen LogP contribution in [0.1, 0.15) is 46.5 Å². The highest BCUT2D eigenvalue weighted by molar-refractivity contribution is 6.12. The van der Waals surface area contributed by atoms with E-state index in [0.29, 0.717) is 32.5 Å². The monoisotopic (exact) mass is 449 g/mol. The van der Waals surface area contributed by atoms with Crippen LogP contribution >= 0.6 is 0 Å². The van der Waals surface area contributed by atoms with E-state index in [1.807, 2.05) is 13.8 Å². The van der Waals surface area contributed by atoms with E-state index in [4.69, 9.17) is 5.73 Å². The average Bonchev–Trinajstić information content (AvgIpc) is 3.07. The van der Waals surface area contributed by atoms with E-state index in [2.05, 4.69) is 16.0 Å². The minimum atomic E-state index is -0.754. The number of rotatable bonds is 10. The lowest BCUT2D eigenvalue weighted by Crippen LogP contribution is -2.55. The van der Waals surface area contributed by atoms with E-state index < -0.39 is 18.0 Å². The summed E-state index contributed by atoms with van der Waals surface area (Å²) in [6, 6.07) is -1.50. The van der Waals surface area contributed by atoms with Gasteiger partial charge in [-0.25, -0.2) is 0 Å². The summed E-state index contributed by atoms with van der Waals surface area (Å²) in [5, 5.41) is 8.11. The van der Waals surface area contributed by atoms with E-state index in [1.165, 1.54) is 17.1 Å². The van der Waals surface area contributed by atoms with Gasteiger partial charge in [0.05, 0.1) is 0 Å². The van der Waals surface area contributed by atoms with Gasteiger partial charge in [-0.2, -0.15) is 0 Å². The zero-order valence-electron chi connectivity index (χ0n) is 19.1. The lowest BCUT2D eigenvalue weighted by molar-refractivity contribution is -0.138. The minimum Gasteiger partial charge on any atom is -0.353 e. The summed E-state index contributed by atoms with van der Waals surface area (Å²) in [5.41, 5.74) is 5.37. The number of carbonyl (C=O) groups is 5. The molecule has 0 spiro atoms. The largest absolute Gasteiger partial charge is 0.353 e. The summed E-state index contributed by atoms with van der Waals surface area (Å²) in [6.45, 7) is 6.25. The van der Waals surface area contributed by atoms with Gasteiger partial charge in [0.15, 0.2) is 0 Å². The van der Waals surface area contributed by atoms with Gasteiger partial charge < -0.3 is 21.7 Å². The van der Waals surface area contributed by atoms with Gasteiger partial charge in [0, 0.05) is 37.7 Å². The number of amides is 5. The topological polar surface area (TPSA) is 151 Å². The van der Waals surface area contributed by atoms with Crippen molar-refractivity contribution >= 4 is 29.5 Å². The fourth-order valence-corrected chi connectivity index (χ4v) is 4.00. The molecule has 10 nitrogen and oxygen atoms in total. The van der Waals surface area contributed by atoms with Crippen molar-refractivity contribution in [3.63, 3.8) is 0 Å². The van der Waals surface area contributed by atoms with Crippen LogP contribution in [-0.4, -0.2) is 66.2 Å². The third kappa shape index (κ3) is 6.88. The maximum atomic E-state index is 12.8. The minimum absolute atomic E-state index is 0.158. The van der Waals surface area contributed by atoms with Crippen molar-refractivity contribution in [3.05, 3.63) is 12.2 Å². The van der Waals surface area contributed by atoms with Crippen LogP contribution in [0.25, 0.3) is 0 Å². The van der Waals surface area contributed by atoms with Crippen molar-refractivity contribution in [3.8, 4) is 0 Å². The zero-order valence-corrected chi connectivity index (χ0v) is 19.1. The normalized spacial score (nSPS) is 22.6. The van der Waals surface area contributed by atoms with Crippen molar-refractivity contribution in [2.24, 2.45) is 23.5 Å². The molecule has 0 bridgehead atoms. The highest BCUT2D eigenvalue weighted by Crippen LogP contribution is 2.30. The number of nitrogens with zero attached hydrogens (tertiary/aromatic N) is 1. The Morgan fingerprint density at radius 3 is 2.12 bits per heavy atom. The fourth-order valence-electron chi connectivity index (χ4n) is 4.00. The summed E-state index contributed by atoms with van der Waals surface area (Å²) in [7, 11) is 0. The van der Waals surface area contributed by atoms with Crippen LogP contribution in [0.2, 0.25) is 0 Å². The molecule has 5 amide bonds. The lowest BCUT2D eigenvalue weighted by atomic mass is 9.81. The quantitative estimate of drug-likeness (QED) is 0.328. The van der Waals surface area contributed by atoms with E-state index in [0.717, 1.165) is 12.8 Å². The van der Waals surface area contributed by atoms with Gasteiger partial charge in [0.25, 0.3) is 11.8 Å². The predicted octanol–water partition coefficient (Wildman–Crippen LogP) is -0.562. The molecule has 5 N–H and O–H groups in total. The van der Waals surface area contributed by atoms with Gasteiger partial charge in [-0.3, -0.25) is 28.9 Å². The molecule has 32 heavy (non-hydrogen) atoms. The van der Waals surface area contributed by atoms with Crippen molar-refractivity contribution in [1.82, 2.24) is 20.9 Å². The fraction of sp³-hybridized carbons (Fsp3) is 0.682. The van der Waals surface area contributed by atoms with Crippen LogP contribution in [0.15, 0.2) is 12.2 Å². The Morgan fingerprint density at radius 1 is 1.00 bits per heavy atom. The van der Waals surface area contributed by atoms with Gasteiger partial charge in [-0.15, -0.1) is 0 Å². The first-order valence-electron chi connectivity index (χ1n) is 11.3. The predicted molar refractivity (Wildman–Crippen MR) is 118 cm³/mol. The molecule has 2 aliphatic rings. The zero-order chi connectivity index (χ0) is 23.8. The molecule has 178 valence electrons. The molecule has 1 aliphatic carbocycles. The Balaban J connectivity index is 1.84. The third-order valence-corrected chi connectivity index (χ3v) is 6.00. The number of carbonyl (C=O) groups excluding carboxylic acids is 5. The number of hydrogen-bond donors (Lipinski definition) is 4. The second-order valence-electron chi connectivity index (χ2n) is 8.88. The molecule has 1 saturated carbocycles. The first-order valence-corrected chi connectivity index (χ1v) is 11.3. The molecule has 1 fully saturated rings. The Hall–Kier alpha value is -2.75. The van der Waals surface area contributed by atoms with Crippen LogP contribution in [0.4, 0.5) is 0 Å². The maximum Gasteiger partial charge on any atom is 0.253 e. The Morgan fingerprint density at radius 2 is 1.59 bits per heavy atom. The summed E-state index contributed by atoms with van der Waals surface area (Å²) in [6.07, 6.45) is 5.27. The van der Waals surface area contributed by atoms with Crippen LogP contribution in [0.3, 0.4) is 0 Å². The highest BCUT2D eigenvalue weighted by atomic mass is 16.2. The molecule has 1 unspecified atom stereocenters. The molecule has 0 radical (unpaired) electrons. The van der Waals surface area contributed by atoms with Gasteiger partial charge >= 0.3 is 0 Å². The van der Waals surface area contributed by atoms with Crippen molar-refractivity contribution in [1.29, 1.82) is 0 Å². The standard InChI is InChI=1S/C22H35N5O5/c1-13(2)19(22(32)25-14(3)20(30)24-11-10-23)26-21(31)16-6-4-15(5-7-16)12-27-17(28)8-9-18(27)29/h8-9,13-16,19H,4-7,10-12,23H2,1-3H3,(H,24,30)(H,25,32)(H,26,31)/t14-,15?,16?,19?/m0/s1. The molecule has 10 heteroatoms. The van der Waals surface area contributed by atoms with Crippen LogP contribution in [0.5, 0.6) is 0 Å². The van der Waals surface area contributed by atoms with E-state index in [-0.39, 0.29) is 41.4 Å². The first kappa shape index (κ1) is 25.5. The Bertz CT molecular complexity index is 740. The summed E-state index contributed by atoms with van der Waals surface area (Å²) < 4.78 is 0. The molecule has 1 aliphatic heterocycles. The second kappa shape index (κ2) is 11.8. The van der Waals surface area contributed by atoms with Crippen molar-refractivity contribution < 1.29 is 24.0 Å². The molecular formula is C22H35N5O5. The molecule has 2 rings (SSSR count). The molecule has 0 saturated heterocycles. The third-order valence-electron chi connectivity index (χ3n) is 6.00. The van der Waals surface area contributed by atoms with Gasteiger partial charge in [0.1, 0.15) is 12.1 Å². The van der Waals surface area contributed by atoms with Crippen LogP contribution in [0, 0.1) is 17.8 Å². The maximum absolute atomic E-state index is 12.8. The molecular weight excluding hydrogens is 414 g/mol. The van der Waals surface area contributed by atoms with E-state index >= 15 is 0 Å². The highest BCUT2D eigenvalue weighted by Gasteiger charge is 2.33. The van der Waals surface area contributed by atoms with Crippen LogP contribution < -0.4 is 21.7 Å². The molecule has 0 aromatic heterocycles. The molecule has 0 aromatic carbocycles. The summed E-state index contributed by atoms with van der Waals surface area (Å²) >= 11 is 0. The molecule has 2 atom stereocenters. The summed E-state index contributed by atoms with van der Waals surface area (Å²) in [4.78, 5) is 62.2. The second-order valence-corrected chi connectivity index (χ2v) is 8.88. The lowest BCUT2D eigenvalue weighted by Gasteiger charge is -2.31. The van der Waals surface area contributed by atoms with Gasteiger partial charge in [-0.05, 0) is 44.4 Å². The van der Waals surface area contributed by atoms with E-state index in [1.54, 1.807) is 6.92 Å². The molecule has 1 heterocycles. The SMILES string of the molecule is CC(C)C(NC(=O)C1CCC(CN2C(=O)C=CC2=O)CC1)C(=O)N[C@@H](C)C(=O)NCCN. The smallest absolute Gasteiger partial charge is 0.253 e. The van der Waals surface area contributed by atoms with Gasteiger partial charge in [0.2, 0.25) is 17.7 Å². The van der Waals surface area contributed by atoms with Crippen molar-refractivity contribution in [2.75, 3.05) is 19.6 Å². The Kier molecular flexibility index (Phi) is 9.37. The number of imide groups is 1. The van der Waals surface area contributed by atoms with Crippen molar-refractivity contribution in [2.45, 2.75) is 58.5 Å².